The van der Waals surface area contributed by atoms with Gasteiger partial charge in [-0.25, -0.2) is 0 Å². The van der Waals surface area contributed by atoms with Crippen LogP contribution in [0.15, 0.2) is 65.4 Å². The van der Waals surface area contributed by atoms with Gasteiger partial charge in [-0.3, -0.25) is 14.4 Å². The van der Waals surface area contributed by atoms with Crippen molar-refractivity contribution < 1.29 is 9.21 Å². The molecular weight excluding hydrogens is 328 g/mol. The van der Waals surface area contributed by atoms with E-state index < -0.39 is 0 Å². The van der Waals surface area contributed by atoms with Crippen LogP contribution < -0.4 is 5.32 Å². The molecule has 0 unspecified atom stereocenters. The molecule has 0 saturated heterocycles. The molecule has 4 rings (SSSR count). The molecule has 6 heteroatoms. The van der Waals surface area contributed by atoms with Crippen molar-refractivity contribution in [1.82, 2.24) is 20.0 Å². The largest absolute Gasteiger partial charge is 0.468 e. The van der Waals surface area contributed by atoms with Gasteiger partial charge in [-0.2, -0.15) is 5.10 Å². The van der Waals surface area contributed by atoms with E-state index in [2.05, 4.69) is 26.1 Å². The number of carbonyl (C=O) groups excluding carboxylic acids is 1. The third-order valence-corrected chi connectivity index (χ3v) is 4.71. The SMILES string of the molecule is O=C(NCC[C@H]1CN(Cc2ccco2)Cc2ccnn21)c1ccccc1. The second-order valence-electron chi connectivity index (χ2n) is 6.58. The number of fused-ring (bicyclic) bond motifs is 1. The van der Waals surface area contributed by atoms with Crippen molar-refractivity contribution >= 4 is 5.91 Å². The van der Waals surface area contributed by atoms with Crippen LogP contribution in [0.1, 0.15) is 34.3 Å². The second-order valence-corrected chi connectivity index (χ2v) is 6.58. The second kappa shape index (κ2) is 7.58. The van der Waals surface area contributed by atoms with Crippen molar-refractivity contribution in [2.24, 2.45) is 0 Å². The summed E-state index contributed by atoms with van der Waals surface area (Å²) in [6.07, 6.45) is 4.39. The molecule has 1 N–H and O–H groups in total. The molecule has 1 aliphatic rings. The molecule has 134 valence electrons. The van der Waals surface area contributed by atoms with Crippen LogP contribution in [0.2, 0.25) is 0 Å². The smallest absolute Gasteiger partial charge is 0.251 e. The number of aromatic nitrogens is 2. The Labute approximate surface area is 152 Å². The topological polar surface area (TPSA) is 63.3 Å². The number of rotatable bonds is 6. The van der Waals surface area contributed by atoms with Crippen LogP contribution in [0.25, 0.3) is 0 Å². The Morgan fingerprint density at radius 2 is 2.08 bits per heavy atom. The molecule has 26 heavy (non-hydrogen) atoms. The first kappa shape index (κ1) is 16.6. The van der Waals surface area contributed by atoms with E-state index in [1.807, 2.05) is 48.7 Å². The molecule has 3 heterocycles. The van der Waals surface area contributed by atoms with Crippen molar-refractivity contribution in [3.63, 3.8) is 0 Å². The Bertz CT molecular complexity index is 842. The molecular formula is C20H22N4O2. The molecule has 0 fully saturated rings. The lowest BCUT2D eigenvalue weighted by atomic mass is 10.1. The summed E-state index contributed by atoms with van der Waals surface area (Å²) in [5.41, 5.74) is 1.89. The molecule has 3 aromatic rings. The average molecular weight is 350 g/mol. The summed E-state index contributed by atoms with van der Waals surface area (Å²) >= 11 is 0. The summed E-state index contributed by atoms with van der Waals surface area (Å²) in [5, 5.41) is 7.49. The molecule has 1 amide bonds. The number of hydrogen-bond acceptors (Lipinski definition) is 4. The van der Waals surface area contributed by atoms with Gasteiger partial charge in [0.15, 0.2) is 0 Å². The number of amides is 1. The molecule has 6 nitrogen and oxygen atoms in total. The van der Waals surface area contributed by atoms with Gasteiger partial charge in [0.1, 0.15) is 5.76 Å². The van der Waals surface area contributed by atoms with Gasteiger partial charge in [0.05, 0.1) is 24.5 Å². The minimum atomic E-state index is -0.0328. The van der Waals surface area contributed by atoms with E-state index in [0.29, 0.717) is 12.1 Å². The molecule has 1 aliphatic heterocycles. The van der Waals surface area contributed by atoms with Crippen LogP contribution in [0.4, 0.5) is 0 Å². The third-order valence-electron chi connectivity index (χ3n) is 4.71. The van der Waals surface area contributed by atoms with Crippen molar-refractivity contribution in [2.45, 2.75) is 25.6 Å². The number of carbonyl (C=O) groups is 1. The van der Waals surface area contributed by atoms with E-state index in [-0.39, 0.29) is 11.9 Å². The van der Waals surface area contributed by atoms with Gasteiger partial charge in [0.2, 0.25) is 0 Å². The molecule has 0 spiro atoms. The highest BCUT2D eigenvalue weighted by Gasteiger charge is 2.25. The van der Waals surface area contributed by atoms with E-state index in [1.165, 1.54) is 5.69 Å². The molecule has 0 aliphatic carbocycles. The quantitative estimate of drug-likeness (QED) is 0.742. The van der Waals surface area contributed by atoms with Crippen LogP contribution >= 0.6 is 0 Å². The number of hydrogen-bond donors (Lipinski definition) is 1. The maximum absolute atomic E-state index is 12.2. The minimum Gasteiger partial charge on any atom is -0.468 e. The van der Waals surface area contributed by atoms with Crippen molar-refractivity contribution in [3.05, 3.63) is 78.0 Å². The van der Waals surface area contributed by atoms with Crippen LogP contribution in [0, 0.1) is 0 Å². The van der Waals surface area contributed by atoms with Gasteiger partial charge in [0, 0.05) is 31.4 Å². The van der Waals surface area contributed by atoms with Gasteiger partial charge in [-0.1, -0.05) is 18.2 Å². The zero-order chi connectivity index (χ0) is 17.8. The molecule has 2 aromatic heterocycles. The highest BCUT2D eigenvalue weighted by molar-refractivity contribution is 5.94. The highest BCUT2D eigenvalue weighted by atomic mass is 16.3. The Morgan fingerprint density at radius 3 is 2.88 bits per heavy atom. The van der Waals surface area contributed by atoms with Crippen LogP contribution in [0.3, 0.4) is 0 Å². The summed E-state index contributed by atoms with van der Waals surface area (Å²) < 4.78 is 7.57. The van der Waals surface area contributed by atoms with Gasteiger partial charge in [-0.05, 0) is 36.8 Å². The van der Waals surface area contributed by atoms with Crippen LogP contribution in [0.5, 0.6) is 0 Å². The van der Waals surface area contributed by atoms with E-state index in [1.54, 1.807) is 6.26 Å². The predicted molar refractivity (Wildman–Crippen MR) is 97.5 cm³/mol. The summed E-state index contributed by atoms with van der Waals surface area (Å²) in [4.78, 5) is 14.6. The maximum Gasteiger partial charge on any atom is 0.251 e. The Balaban J connectivity index is 1.37. The maximum atomic E-state index is 12.2. The summed E-state index contributed by atoms with van der Waals surface area (Å²) in [6.45, 7) is 3.14. The van der Waals surface area contributed by atoms with Crippen molar-refractivity contribution in [1.29, 1.82) is 0 Å². The lowest BCUT2D eigenvalue weighted by molar-refractivity contribution is 0.0946. The molecule has 0 radical (unpaired) electrons. The summed E-state index contributed by atoms with van der Waals surface area (Å²) in [6, 6.07) is 15.5. The van der Waals surface area contributed by atoms with E-state index in [0.717, 1.165) is 31.8 Å². The fourth-order valence-corrected chi connectivity index (χ4v) is 3.47. The molecule has 1 aromatic carbocycles. The highest BCUT2D eigenvalue weighted by Crippen LogP contribution is 2.24. The molecule has 0 bridgehead atoms. The minimum absolute atomic E-state index is 0.0328. The summed E-state index contributed by atoms with van der Waals surface area (Å²) in [7, 11) is 0. The van der Waals surface area contributed by atoms with Gasteiger partial charge in [-0.15, -0.1) is 0 Å². The first-order chi connectivity index (χ1) is 12.8. The van der Waals surface area contributed by atoms with Crippen molar-refractivity contribution in [2.75, 3.05) is 13.1 Å². The first-order valence-electron chi connectivity index (χ1n) is 8.90. The summed E-state index contributed by atoms with van der Waals surface area (Å²) in [5.74, 6) is 0.934. The zero-order valence-electron chi connectivity index (χ0n) is 14.5. The molecule has 0 saturated carbocycles. The lowest BCUT2D eigenvalue weighted by Gasteiger charge is -2.33. The monoisotopic (exact) mass is 350 g/mol. The molecule has 1 atom stereocenters. The van der Waals surface area contributed by atoms with Gasteiger partial charge < -0.3 is 9.73 Å². The third kappa shape index (κ3) is 3.70. The van der Waals surface area contributed by atoms with Crippen LogP contribution in [-0.2, 0) is 13.1 Å². The van der Waals surface area contributed by atoms with E-state index in [4.69, 9.17) is 4.42 Å². The average Bonchev–Trinajstić information content (AvgIpc) is 3.34. The van der Waals surface area contributed by atoms with Crippen LogP contribution in [-0.4, -0.2) is 33.7 Å². The fourth-order valence-electron chi connectivity index (χ4n) is 3.47. The number of nitrogens with one attached hydrogen (secondary N) is 1. The van der Waals surface area contributed by atoms with Gasteiger partial charge in [0.25, 0.3) is 5.91 Å². The Kier molecular flexibility index (Phi) is 4.84. The number of nitrogens with zero attached hydrogens (tertiary/aromatic N) is 3. The van der Waals surface area contributed by atoms with Gasteiger partial charge >= 0.3 is 0 Å². The fraction of sp³-hybridized carbons (Fsp3) is 0.300. The zero-order valence-corrected chi connectivity index (χ0v) is 14.5. The number of furan rings is 1. The lowest BCUT2D eigenvalue weighted by Crippen LogP contribution is -2.38. The Morgan fingerprint density at radius 1 is 1.19 bits per heavy atom. The first-order valence-corrected chi connectivity index (χ1v) is 8.90. The standard InChI is InChI=1S/C20H22N4O2/c25-20(16-5-2-1-3-6-16)21-10-8-17-13-23(15-19-7-4-12-26-19)14-18-9-11-22-24(17)18/h1-7,9,11-12,17H,8,10,13-15H2,(H,21,25)/t17-/m0/s1. The van der Waals surface area contributed by atoms with Crippen molar-refractivity contribution in [3.8, 4) is 0 Å². The van der Waals surface area contributed by atoms with E-state index >= 15 is 0 Å². The predicted octanol–water partition coefficient (Wildman–Crippen LogP) is 2.85. The van der Waals surface area contributed by atoms with E-state index in [9.17, 15) is 4.79 Å². The Hall–Kier alpha value is -2.86. The number of benzene rings is 1. The normalized spacial score (nSPS) is 17.0.